The fraction of sp³-hybridized carbons (Fsp3) is 0.667. The van der Waals surface area contributed by atoms with Crippen LogP contribution >= 0.6 is 0 Å². The molecule has 0 aromatic heterocycles. The summed E-state index contributed by atoms with van der Waals surface area (Å²) in [6.07, 6.45) is -15.8. The van der Waals surface area contributed by atoms with Crippen LogP contribution in [0.25, 0.3) is 0 Å². The zero-order valence-electron chi connectivity index (χ0n) is 6.69. The number of halogens is 9. The van der Waals surface area contributed by atoms with Crippen LogP contribution in [0, 0.1) is 0 Å². The Bertz CT molecular complexity index is 242. The van der Waals surface area contributed by atoms with Gasteiger partial charge in [0.25, 0.3) is 0 Å². The quantitative estimate of drug-likeness (QED) is 0.646. The summed E-state index contributed by atoms with van der Waals surface area (Å²) in [6, 6.07) is 0. The highest BCUT2D eigenvalue weighted by Gasteiger charge is 2.59. The zero-order chi connectivity index (χ0) is 12.5. The van der Waals surface area contributed by atoms with Crippen LogP contribution < -0.4 is 0 Å². The summed E-state index contributed by atoms with van der Waals surface area (Å²) in [5, 5.41) is 0. The van der Waals surface area contributed by atoms with E-state index in [0.717, 1.165) is 0 Å². The van der Waals surface area contributed by atoms with Gasteiger partial charge in [-0.05, 0) is 0 Å². The molecule has 0 aromatic rings. The third-order valence-electron chi connectivity index (χ3n) is 1.32. The Morgan fingerprint density at radius 2 is 1.27 bits per heavy atom. The summed E-state index contributed by atoms with van der Waals surface area (Å²) >= 11 is 0. The number of hydrogen-bond acceptors (Lipinski definition) is 0. The Morgan fingerprint density at radius 3 is 1.47 bits per heavy atom. The molecule has 0 spiro atoms. The second-order valence-electron chi connectivity index (χ2n) is 2.51. The predicted octanol–water partition coefficient (Wildman–Crippen LogP) is 3.99. The van der Waals surface area contributed by atoms with Gasteiger partial charge >= 0.3 is 18.3 Å². The summed E-state index contributed by atoms with van der Waals surface area (Å²) in [5.74, 6) is -5.61. The van der Waals surface area contributed by atoms with E-state index in [-0.39, 0.29) is 0 Å². The standard InChI is InChI=1S/C6H3F9/c7-2-3(5(10,11)12)1-4(8,9)6(13,14)15/h2H,1H2/b3-2-. The van der Waals surface area contributed by atoms with Crippen molar-refractivity contribution in [3.05, 3.63) is 11.9 Å². The van der Waals surface area contributed by atoms with E-state index >= 15 is 0 Å². The molecule has 9 heteroatoms. The van der Waals surface area contributed by atoms with Crippen LogP contribution in [0.4, 0.5) is 39.5 Å². The van der Waals surface area contributed by atoms with Crippen molar-refractivity contribution in [2.45, 2.75) is 24.7 Å². The van der Waals surface area contributed by atoms with E-state index in [1.165, 1.54) is 0 Å². The van der Waals surface area contributed by atoms with Crippen LogP contribution in [-0.2, 0) is 0 Å². The molecule has 0 nitrogen and oxygen atoms in total. The van der Waals surface area contributed by atoms with Crippen LogP contribution in [0.15, 0.2) is 11.9 Å². The summed E-state index contributed by atoms with van der Waals surface area (Å²) in [5.41, 5.74) is -2.56. The van der Waals surface area contributed by atoms with Crippen molar-refractivity contribution in [2.24, 2.45) is 0 Å². The third kappa shape index (κ3) is 3.63. The van der Waals surface area contributed by atoms with E-state index in [1.54, 1.807) is 0 Å². The van der Waals surface area contributed by atoms with E-state index in [0.29, 0.717) is 0 Å². The number of allylic oxidation sites excluding steroid dienone is 1. The van der Waals surface area contributed by atoms with Crippen LogP contribution in [0.5, 0.6) is 0 Å². The van der Waals surface area contributed by atoms with Gasteiger partial charge in [0, 0.05) is 0 Å². The summed E-state index contributed by atoms with van der Waals surface area (Å²) in [7, 11) is 0. The molecule has 90 valence electrons. The Balaban J connectivity index is 4.88. The van der Waals surface area contributed by atoms with Crippen LogP contribution in [0.2, 0.25) is 0 Å². The molecule has 0 heterocycles. The lowest BCUT2D eigenvalue weighted by atomic mass is 10.1. The lowest BCUT2D eigenvalue weighted by molar-refractivity contribution is -0.284. The molecule has 0 aliphatic carbocycles. The first kappa shape index (κ1) is 14.1. The lowest BCUT2D eigenvalue weighted by Gasteiger charge is -2.21. The predicted molar refractivity (Wildman–Crippen MR) is 30.9 cm³/mol. The van der Waals surface area contributed by atoms with E-state index in [1.807, 2.05) is 0 Å². The Morgan fingerprint density at radius 1 is 0.867 bits per heavy atom. The molecule has 0 saturated heterocycles. The van der Waals surface area contributed by atoms with Crippen molar-refractivity contribution in [1.29, 1.82) is 0 Å². The van der Waals surface area contributed by atoms with Crippen molar-refractivity contribution < 1.29 is 39.5 Å². The van der Waals surface area contributed by atoms with Gasteiger partial charge in [-0.3, -0.25) is 0 Å². The smallest absolute Gasteiger partial charge is 0.215 e. The minimum absolute atomic E-state index is 1.31. The SMILES string of the molecule is F/C=C(/CC(F)(F)C(F)(F)F)C(F)(F)F. The fourth-order valence-electron chi connectivity index (χ4n) is 0.540. The van der Waals surface area contributed by atoms with Gasteiger partial charge in [0.05, 0.1) is 18.3 Å². The molecule has 0 aliphatic heterocycles. The van der Waals surface area contributed by atoms with Gasteiger partial charge in [0.15, 0.2) is 0 Å². The first-order valence-corrected chi connectivity index (χ1v) is 3.23. The van der Waals surface area contributed by atoms with Gasteiger partial charge in [-0.15, -0.1) is 0 Å². The molecule has 0 aliphatic rings. The van der Waals surface area contributed by atoms with Gasteiger partial charge in [-0.25, -0.2) is 4.39 Å². The molecule has 0 atom stereocenters. The monoisotopic (exact) mass is 246 g/mol. The molecule has 0 radical (unpaired) electrons. The molecule has 0 bridgehead atoms. The summed E-state index contributed by atoms with van der Waals surface area (Å²) in [4.78, 5) is 0. The van der Waals surface area contributed by atoms with Crippen LogP contribution in [0.1, 0.15) is 6.42 Å². The van der Waals surface area contributed by atoms with Gasteiger partial charge < -0.3 is 0 Å². The topological polar surface area (TPSA) is 0 Å². The lowest BCUT2D eigenvalue weighted by Crippen LogP contribution is -2.38. The van der Waals surface area contributed by atoms with E-state index in [9.17, 15) is 39.5 Å². The molecule has 0 rings (SSSR count). The number of rotatable bonds is 2. The van der Waals surface area contributed by atoms with E-state index < -0.39 is 36.6 Å². The minimum Gasteiger partial charge on any atom is -0.215 e. The van der Waals surface area contributed by atoms with Gasteiger partial charge in [-0.2, -0.15) is 35.1 Å². The molecule has 0 amide bonds. The first-order chi connectivity index (χ1) is 6.42. The number of alkyl halides is 8. The second kappa shape index (κ2) is 3.93. The van der Waals surface area contributed by atoms with Crippen molar-refractivity contribution in [3.63, 3.8) is 0 Å². The Kier molecular flexibility index (Phi) is 3.70. The maximum Gasteiger partial charge on any atom is 0.453 e. The Labute approximate surface area is 77.4 Å². The highest BCUT2D eigenvalue weighted by molar-refractivity contribution is 5.09. The molecule has 15 heavy (non-hydrogen) atoms. The summed E-state index contributed by atoms with van der Waals surface area (Å²) < 4.78 is 105. The van der Waals surface area contributed by atoms with Gasteiger partial charge in [0.2, 0.25) is 0 Å². The molecular formula is C6H3F9. The Hall–Kier alpha value is -0.890. The molecule has 0 unspecified atom stereocenters. The summed E-state index contributed by atoms with van der Waals surface area (Å²) in [6.45, 7) is 0. The average molecular weight is 246 g/mol. The fourth-order valence-corrected chi connectivity index (χ4v) is 0.540. The second-order valence-corrected chi connectivity index (χ2v) is 2.51. The maximum atomic E-state index is 12.1. The van der Waals surface area contributed by atoms with Crippen molar-refractivity contribution >= 4 is 0 Å². The maximum absolute atomic E-state index is 12.1. The highest BCUT2D eigenvalue weighted by atomic mass is 19.4. The van der Waals surface area contributed by atoms with Gasteiger partial charge in [0.1, 0.15) is 0 Å². The molecule has 0 fully saturated rings. The highest BCUT2D eigenvalue weighted by Crippen LogP contribution is 2.43. The minimum atomic E-state index is -6.15. The van der Waals surface area contributed by atoms with Crippen molar-refractivity contribution in [1.82, 2.24) is 0 Å². The van der Waals surface area contributed by atoms with Gasteiger partial charge in [-0.1, -0.05) is 0 Å². The largest absolute Gasteiger partial charge is 0.453 e. The van der Waals surface area contributed by atoms with Crippen molar-refractivity contribution in [2.75, 3.05) is 0 Å². The van der Waals surface area contributed by atoms with E-state index in [4.69, 9.17) is 0 Å². The molecular weight excluding hydrogens is 243 g/mol. The zero-order valence-corrected chi connectivity index (χ0v) is 6.69. The normalized spacial score (nSPS) is 15.7. The first-order valence-electron chi connectivity index (χ1n) is 3.23. The average Bonchev–Trinajstić information content (AvgIpc) is 1.95. The third-order valence-corrected chi connectivity index (χ3v) is 1.32. The van der Waals surface area contributed by atoms with E-state index in [2.05, 4.69) is 0 Å². The molecule has 0 N–H and O–H groups in total. The molecule has 0 saturated carbocycles. The van der Waals surface area contributed by atoms with Crippen LogP contribution in [0.3, 0.4) is 0 Å². The van der Waals surface area contributed by atoms with Crippen molar-refractivity contribution in [3.8, 4) is 0 Å². The van der Waals surface area contributed by atoms with Crippen LogP contribution in [-0.4, -0.2) is 18.3 Å². The number of hydrogen-bond donors (Lipinski definition) is 0. The molecule has 0 aromatic carbocycles.